The molecule has 0 aliphatic heterocycles. The summed E-state index contributed by atoms with van der Waals surface area (Å²) in [5, 5.41) is 12.5. The van der Waals surface area contributed by atoms with E-state index < -0.39 is 0 Å². The number of para-hydroxylation sites is 1. The minimum Gasteiger partial charge on any atom is -0.495 e. The summed E-state index contributed by atoms with van der Waals surface area (Å²) in [6, 6.07) is 8.12. The normalized spacial score (nSPS) is 16.3. The molecule has 1 aliphatic carbocycles. The van der Waals surface area contributed by atoms with Gasteiger partial charge in [0.05, 0.1) is 18.4 Å². The Morgan fingerprint density at radius 2 is 2.25 bits per heavy atom. The standard InChI is InChI=1S/C13H16N2O/c1-9(10-6-7-10)15-13-11(8-14)4-3-5-12(13)16-2/h3-5,9-10,15H,6-7H2,1-2H3. The molecule has 3 nitrogen and oxygen atoms in total. The van der Waals surface area contributed by atoms with Crippen LogP contribution in [-0.4, -0.2) is 13.2 Å². The number of rotatable bonds is 4. The van der Waals surface area contributed by atoms with E-state index in [4.69, 9.17) is 10.00 Å². The predicted molar refractivity (Wildman–Crippen MR) is 63.5 cm³/mol. The van der Waals surface area contributed by atoms with Crippen LogP contribution in [0.15, 0.2) is 18.2 Å². The average Bonchev–Trinajstić information content (AvgIpc) is 3.13. The molecule has 1 aliphatic rings. The van der Waals surface area contributed by atoms with Crippen molar-refractivity contribution in [2.24, 2.45) is 5.92 Å². The van der Waals surface area contributed by atoms with Gasteiger partial charge in [0.25, 0.3) is 0 Å². The molecule has 1 aromatic carbocycles. The van der Waals surface area contributed by atoms with E-state index in [2.05, 4.69) is 18.3 Å². The second-order valence-electron chi connectivity index (χ2n) is 4.27. The van der Waals surface area contributed by atoms with E-state index in [1.807, 2.05) is 18.2 Å². The molecule has 0 amide bonds. The molecule has 0 saturated heterocycles. The molecule has 1 unspecified atom stereocenters. The molecule has 16 heavy (non-hydrogen) atoms. The fourth-order valence-electron chi connectivity index (χ4n) is 1.89. The van der Waals surface area contributed by atoms with Gasteiger partial charge in [-0.15, -0.1) is 0 Å². The van der Waals surface area contributed by atoms with Crippen molar-refractivity contribution in [2.75, 3.05) is 12.4 Å². The molecule has 0 bridgehead atoms. The minimum absolute atomic E-state index is 0.406. The van der Waals surface area contributed by atoms with E-state index in [0.717, 1.165) is 17.4 Å². The van der Waals surface area contributed by atoms with E-state index >= 15 is 0 Å². The fraction of sp³-hybridized carbons (Fsp3) is 0.462. The van der Waals surface area contributed by atoms with Crippen LogP contribution in [0.1, 0.15) is 25.3 Å². The zero-order valence-corrected chi connectivity index (χ0v) is 9.66. The summed E-state index contributed by atoms with van der Waals surface area (Å²) >= 11 is 0. The van der Waals surface area contributed by atoms with Crippen molar-refractivity contribution in [1.29, 1.82) is 5.26 Å². The highest BCUT2D eigenvalue weighted by Crippen LogP contribution is 2.36. The maximum Gasteiger partial charge on any atom is 0.143 e. The maximum absolute atomic E-state index is 9.06. The third-order valence-electron chi connectivity index (χ3n) is 3.07. The molecule has 2 rings (SSSR count). The number of hydrogen-bond acceptors (Lipinski definition) is 3. The van der Waals surface area contributed by atoms with Crippen molar-refractivity contribution in [1.82, 2.24) is 0 Å². The molecule has 1 saturated carbocycles. The number of nitrogens with zero attached hydrogens (tertiary/aromatic N) is 1. The molecule has 1 aromatic rings. The lowest BCUT2D eigenvalue weighted by Crippen LogP contribution is -2.18. The van der Waals surface area contributed by atoms with E-state index in [9.17, 15) is 0 Å². The van der Waals surface area contributed by atoms with Crippen LogP contribution in [0.5, 0.6) is 5.75 Å². The first-order valence-electron chi connectivity index (χ1n) is 5.60. The Hall–Kier alpha value is -1.69. The number of anilines is 1. The largest absolute Gasteiger partial charge is 0.495 e. The Morgan fingerprint density at radius 3 is 2.81 bits per heavy atom. The molecule has 0 radical (unpaired) electrons. The van der Waals surface area contributed by atoms with Gasteiger partial charge in [0.2, 0.25) is 0 Å². The Labute approximate surface area is 96.0 Å². The van der Waals surface area contributed by atoms with Crippen LogP contribution < -0.4 is 10.1 Å². The van der Waals surface area contributed by atoms with Crippen molar-refractivity contribution in [3.63, 3.8) is 0 Å². The quantitative estimate of drug-likeness (QED) is 0.841. The van der Waals surface area contributed by atoms with Gasteiger partial charge < -0.3 is 10.1 Å². The monoisotopic (exact) mass is 216 g/mol. The van der Waals surface area contributed by atoms with Crippen molar-refractivity contribution in [3.8, 4) is 11.8 Å². The first kappa shape index (κ1) is 10.8. The van der Waals surface area contributed by atoms with Gasteiger partial charge in [-0.25, -0.2) is 0 Å². The zero-order chi connectivity index (χ0) is 11.5. The molecule has 3 heteroatoms. The maximum atomic E-state index is 9.06. The molecule has 0 aromatic heterocycles. The number of benzene rings is 1. The van der Waals surface area contributed by atoms with Crippen molar-refractivity contribution < 1.29 is 4.74 Å². The predicted octanol–water partition coefficient (Wildman–Crippen LogP) is 2.78. The van der Waals surface area contributed by atoms with E-state index in [1.54, 1.807) is 7.11 Å². The molecule has 0 spiro atoms. The summed E-state index contributed by atoms with van der Waals surface area (Å²) < 4.78 is 5.28. The van der Waals surface area contributed by atoms with Crippen LogP contribution in [0.4, 0.5) is 5.69 Å². The summed E-state index contributed by atoms with van der Waals surface area (Å²) in [5.74, 6) is 1.49. The number of ether oxygens (including phenoxy) is 1. The Bertz CT molecular complexity index is 418. The summed E-state index contributed by atoms with van der Waals surface area (Å²) in [7, 11) is 1.63. The highest BCUT2D eigenvalue weighted by molar-refractivity contribution is 5.66. The van der Waals surface area contributed by atoms with E-state index in [-0.39, 0.29) is 0 Å². The Morgan fingerprint density at radius 1 is 1.50 bits per heavy atom. The van der Waals surface area contributed by atoms with Crippen LogP contribution >= 0.6 is 0 Å². The van der Waals surface area contributed by atoms with E-state index in [1.165, 1.54) is 12.8 Å². The zero-order valence-electron chi connectivity index (χ0n) is 9.66. The van der Waals surface area contributed by atoms with Crippen LogP contribution in [-0.2, 0) is 0 Å². The molecule has 84 valence electrons. The molecular formula is C13H16N2O. The van der Waals surface area contributed by atoms with E-state index in [0.29, 0.717) is 11.6 Å². The molecule has 1 N–H and O–H groups in total. The molecular weight excluding hydrogens is 200 g/mol. The summed E-state index contributed by atoms with van der Waals surface area (Å²) in [4.78, 5) is 0. The second kappa shape index (κ2) is 4.44. The first-order chi connectivity index (χ1) is 7.76. The van der Waals surface area contributed by atoms with Gasteiger partial charge in [-0.3, -0.25) is 0 Å². The highest BCUT2D eigenvalue weighted by Gasteiger charge is 2.28. The second-order valence-corrected chi connectivity index (χ2v) is 4.27. The highest BCUT2D eigenvalue weighted by atomic mass is 16.5. The summed E-state index contributed by atoms with van der Waals surface area (Å²) in [6.45, 7) is 2.16. The molecule has 1 atom stereocenters. The fourth-order valence-corrected chi connectivity index (χ4v) is 1.89. The number of methoxy groups -OCH3 is 1. The summed E-state index contributed by atoms with van der Waals surface area (Å²) in [5.41, 5.74) is 1.47. The molecule has 1 fully saturated rings. The lowest BCUT2D eigenvalue weighted by Gasteiger charge is -2.17. The van der Waals surface area contributed by atoms with Crippen LogP contribution in [0, 0.1) is 17.2 Å². The van der Waals surface area contributed by atoms with Crippen LogP contribution in [0.3, 0.4) is 0 Å². The third kappa shape index (κ3) is 2.11. The third-order valence-corrected chi connectivity index (χ3v) is 3.07. The van der Waals surface area contributed by atoms with Crippen LogP contribution in [0.25, 0.3) is 0 Å². The van der Waals surface area contributed by atoms with Gasteiger partial charge in [-0.2, -0.15) is 5.26 Å². The number of nitriles is 1. The number of hydrogen-bond donors (Lipinski definition) is 1. The van der Waals surface area contributed by atoms with Gasteiger partial charge in [0.1, 0.15) is 11.8 Å². The lowest BCUT2D eigenvalue weighted by molar-refractivity contribution is 0.415. The van der Waals surface area contributed by atoms with Gasteiger partial charge in [-0.05, 0) is 37.8 Å². The lowest BCUT2D eigenvalue weighted by atomic mass is 10.1. The molecule has 0 heterocycles. The minimum atomic E-state index is 0.406. The van der Waals surface area contributed by atoms with Crippen molar-refractivity contribution in [3.05, 3.63) is 23.8 Å². The SMILES string of the molecule is COc1cccc(C#N)c1NC(C)C1CC1. The van der Waals surface area contributed by atoms with Gasteiger partial charge >= 0.3 is 0 Å². The smallest absolute Gasteiger partial charge is 0.143 e. The Balaban J connectivity index is 2.25. The number of nitrogens with one attached hydrogen (secondary N) is 1. The van der Waals surface area contributed by atoms with Crippen molar-refractivity contribution in [2.45, 2.75) is 25.8 Å². The van der Waals surface area contributed by atoms with Gasteiger partial charge in [-0.1, -0.05) is 6.07 Å². The summed E-state index contributed by atoms with van der Waals surface area (Å²) in [6.07, 6.45) is 2.57. The van der Waals surface area contributed by atoms with Crippen molar-refractivity contribution >= 4 is 5.69 Å². The first-order valence-corrected chi connectivity index (χ1v) is 5.60. The topological polar surface area (TPSA) is 45.0 Å². The Kier molecular flexibility index (Phi) is 3.00. The average molecular weight is 216 g/mol. The van der Waals surface area contributed by atoms with Crippen LogP contribution in [0.2, 0.25) is 0 Å². The van der Waals surface area contributed by atoms with Gasteiger partial charge in [0.15, 0.2) is 0 Å². The van der Waals surface area contributed by atoms with Gasteiger partial charge in [0, 0.05) is 6.04 Å².